The summed E-state index contributed by atoms with van der Waals surface area (Å²) in [6.07, 6.45) is 4.31. The van der Waals surface area contributed by atoms with E-state index in [1.807, 2.05) is 0 Å². The molecule has 6 aromatic carbocycles. The normalized spacial score (nSPS) is 19.5. The fraction of sp³-hybridized carbons (Fsp3) is 0.217. The summed E-state index contributed by atoms with van der Waals surface area (Å²) in [5.41, 5.74) is 18.9. The molecule has 0 fully saturated rings. The van der Waals surface area contributed by atoms with Crippen molar-refractivity contribution >= 4 is 32.7 Å². The number of hydrogen-bond acceptors (Lipinski definition) is 0. The maximum absolute atomic E-state index is 3.19. The first-order chi connectivity index (χ1) is 23.0. The molecule has 0 saturated carbocycles. The second kappa shape index (κ2) is 11.1. The Morgan fingerprint density at radius 2 is 0.894 bits per heavy atom. The topological polar surface area (TPSA) is 0 Å². The Labute approximate surface area is 284 Å². The number of benzene rings is 6. The number of rotatable bonds is 4. The zero-order chi connectivity index (χ0) is 31.9. The van der Waals surface area contributed by atoms with Gasteiger partial charge in [-0.15, -0.1) is 0 Å². The van der Waals surface area contributed by atoms with E-state index in [-0.39, 0.29) is 0 Å². The summed E-state index contributed by atoms with van der Waals surface area (Å²) in [7, 11) is 0. The summed E-state index contributed by atoms with van der Waals surface area (Å²) in [5, 5.41) is 5.45. The van der Waals surface area contributed by atoms with Crippen molar-refractivity contribution in [3.63, 3.8) is 0 Å². The number of allylic oxidation sites excluding steroid dienone is 2. The third-order valence-electron chi connectivity index (χ3n) is 11.9. The van der Waals surface area contributed by atoms with Crippen molar-refractivity contribution in [3.8, 4) is 0 Å². The van der Waals surface area contributed by atoms with Crippen molar-refractivity contribution in [1.29, 1.82) is 0 Å². The van der Waals surface area contributed by atoms with Crippen molar-refractivity contribution in [2.45, 2.75) is 56.0 Å². The minimum absolute atomic E-state index is 0.534. The first-order valence-corrected chi connectivity index (χ1v) is 25.4. The van der Waals surface area contributed by atoms with Gasteiger partial charge in [-0.1, -0.05) is 0 Å². The Kier molecular flexibility index (Phi) is 6.96. The van der Waals surface area contributed by atoms with Crippen LogP contribution in [0.1, 0.15) is 78.4 Å². The van der Waals surface area contributed by atoms with Gasteiger partial charge in [-0.05, 0) is 0 Å². The molecule has 0 N–H and O–H groups in total. The van der Waals surface area contributed by atoms with Crippen LogP contribution >= 0.6 is 0 Å². The first kappa shape index (κ1) is 29.4. The maximum atomic E-state index is 2.80. The average Bonchev–Trinajstić information content (AvgIpc) is 3.64. The van der Waals surface area contributed by atoms with Crippen molar-refractivity contribution in [3.05, 3.63) is 177 Å². The van der Waals surface area contributed by atoms with E-state index in [0.717, 1.165) is 25.7 Å². The monoisotopic (exact) mass is 684 g/mol. The molecule has 230 valence electrons. The van der Waals surface area contributed by atoms with Gasteiger partial charge in [-0.2, -0.15) is 0 Å². The Morgan fingerprint density at radius 3 is 1.34 bits per heavy atom. The third kappa shape index (κ3) is 4.22. The van der Waals surface area contributed by atoms with Gasteiger partial charge >= 0.3 is 286 Å². The summed E-state index contributed by atoms with van der Waals surface area (Å²) >= 11 is -3.19. The second-order valence-corrected chi connectivity index (χ2v) is 26.3. The van der Waals surface area contributed by atoms with Crippen LogP contribution in [0.3, 0.4) is 0 Å². The molecular formula is C46H42Zr. The fourth-order valence-corrected chi connectivity index (χ4v) is 22.2. The molecule has 1 heterocycles. The molecule has 47 heavy (non-hydrogen) atoms. The SMILES string of the molecule is CCC1=C(c2cccc3ccccc23)c2c3cccc2[CH]1[Zr]([CH3])([CH3])[CH]1C(CC)=C(c2cccc4ccccc24)c2c(cccc21)CC3. The van der Waals surface area contributed by atoms with Gasteiger partial charge in [0.15, 0.2) is 0 Å². The Bertz CT molecular complexity index is 2140. The Hall–Kier alpha value is -3.80. The molecule has 1 aliphatic heterocycles. The van der Waals surface area contributed by atoms with Crippen LogP contribution in [0.25, 0.3) is 32.7 Å². The summed E-state index contributed by atoms with van der Waals surface area (Å²) in [4.78, 5) is 0. The summed E-state index contributed by atoms with van der Waals surface area (Å²) in [6.45, 7) is 4.87. The van der Waals surface area contributed by atoms with Gasteiger partial charge in [0.1, 0.15) is 0 Å². The number of aryl methyl sites for hydroxylation is 2. The second-order valence-electron chi connectivity index (χ2n) is 14.5. The molecule has 9 rings (SSSR count). The van der Waals surface area contributed by atoms with E-state index in [0.29, 0.717) is 7.25 Å². The zero-order valence-electron chi connectivity index (χ0n) is 28.0. The van der Waals surface area contributed by atoms with Gasteiger partial charge in [0, 0.05) is 0 Å². The molecule has 2 unspecified atom stereocenters. The van der Waals surface area contributed by atoms with E-state index >= 15 is 0 Å². The molecule has 8 bridgehead atoms. The number of hydrogen-bond donors (Lipinski definition) is 0. The molecule has 2 atom stereocenters. The third-order valence-corrected chi connectivity index (χ3v) is 22.4. The van der Waals surface area contributed by atoms with Gasteiger partial charge < -0.3 is 0 Å². The minimum atomic E-state index is -3.19. The van der Waals surface area contributed by atoms with Gasteiger partial charge in [0.2, 0.25) is 0 Å². The van der Waals surface area contributed by atoms with Crippen LogP contribution in [0.5, 0.6) is 0 Å². The van der Waals surface area contributed by atoms with E-state index < -0.39 is 20.3 Å². The molecule has 1 heteroatoms. The van der Waals surface area contributed by atoms with Crippen LogP contribution in [-0.4, -0.2) is 0 Å². The van der Waals surface area contributed by atoms with Crippen LogP contribution < -0.4 is 0 Å². The van der Waals surface area contributed by atoms with Crippen LogP contribution in [0.2, 0.25) is 9.26 Å². The quantitative estimate of drug-likeness (QED) is 0.173. The molecule has 3 aliphatic rings. The molecule has 0 amide bonds. The Morgan fingerprint density at radius 1 is 0.489 bits per heavy atom. The molecule has 6 aromatic rings. The van der Waals surface area contributed by atoms with E-state index in [2.05, 4.69) is 144 Å². The molecule has 0 nitrogen and oxygen atoms in total. The van der Waals surface area contributed by atoms with Gasteiger partial charge in [-0.3, -0.25) is 0 Å². The van der Waals surface area contributed by atoms with E-state index in [1.54, 1.807) is 44.5 Å². The van der Waals surface area contributed by atoms with Crippen LogP contribution in [0.4, 0.5) is 0 Å². The molecule has 0 spiro atoms. The van der Waals surface area contributed by atoms with Crippen molar-refractivity contribution in [2.75, 3.05) is 0 Å². The van der Waals surface area contributed by atoms with E-state index in [4.69, 9.17) is 0 Å². The van der Waals surface area contributed by atoms with E-state index in [1.165, 1.54) is 43.8 Å². The van der Waals surface area contributed by atoms with Gasteiger partial charge in [0.05, 0.1) is 0 Å². The standard InChI is InChI=1S/C44H36.2CH3.Zr/c1-3-29-27-35-19-9-17-33(41(35)43(29)39-23-11-15-31-13-5-7-21-37(31)39)25-26-34-18-10-20-36-28-30(4-2)44(42(34)36)40-24-12-16-32-14-6-8-22-38(32)40;;;/h5-24,27-28H,3-4,25-26H2,1-2H3;2*1H3;. The predicted octanol–water partition coefficient (Wildman–Crippen LogP) is 12.6. The molecular weight excluding hydrogens is 644 g/mol. The summed E-state index contributed by atoms with van der Waals surface area (Å²) in [5.74, 6) is 0. The van der Waals surface area contributed by atoms with Crippen molar-refractivity contribution in [2.24, 2.45) is 0 Å². The first-order valence-electron chi connectivity index (χ1n) is 17.7. The summed E-state index contributed by atoms with van der Waals surface area (Å²) in [6, 6.07) is 46.8. The van der Waals surface area contributed by atoms with Crippen molar-refractivity contribution in [1.82, 2.24) is 0 Å². The van der Waals surface area contributed by atoms with Crippen LogP contribution in [0.15, 0.2) is 132 Å². The van der Waals surface area contributed by atoms with Gasteiger partial charge in [-0.25, -0.2) is 0 Å². The molecule has 2 aliphatic carbocycles. The number of fused-ring (bicyclic) bond motifs is 2. The van der Waals surface area contributed by atoms with Crippen molar-refractivity contribution < 1.29 is 20.3 Å². The molecule has 0 radical (unpaired) electrons. The Balaban J connectivity index is 1.37. The predicted molar refractivity (Wildman–Crippen MR) is 198 cm³/mol. The van der Waals surface area contributed by atoms with Gasteiger partial charge in [0.25, 0.3) is 0 Å². The fourth-order valence-electron chi connectivity index (χ4n) is 10.1. The van der Waals surface area contributed by atoms with Crippen LogP contribution in [-0.2, 0) is 33.1 Å². The summed E-state index contributed by atoms with van der Waals surface area (Å²) < 4.78 is 6.67. The molecule has 0 aromatic heterocycles. The zero-order valence-corrected chi connectivity index (χ0v) is 30.5. The average molecular weight is 686 g/mol. The van der Waals surface area contributed by atoms with Crippen LogP contribution in [0, 0.1) is 0 Å². The molecule has 0 saturated heterocycles. The van der Waals surface area contributed by atoms with E-state index in [9.17, 15) is 0 Å².